The number of esters is 1. The number of carbonyl (C=O) groups excluding carboxylic acids is 1. The van der Waals surface area contributed by atoms with E-state index in [0.717, 1.165) is 11.1 Å². The normalized spacial score (nSPS) is 22.3. The topological polar surface area (TPSA) is 114 Å². The van der Waals surface area contributed by atoms with Gasteiger partial charge in [0.15, 0.2) is 6.10 Å². The van der Waals surface area contributed by atoms with Gasteiger partial charge in [0.25, 0.3) is 0 Å². The number of cyclic esters (lactones) is 1. The zero-order chi connectivity index (χ0) is 19.8. The van der Waals surface area contributed by atoms with E-state index in [1.807, 2.05) is 60.7 Å². The third-order valence-corrected chi connectivity index (χ3v) is 4.39. The summed E-state index contributed by atoms with van der Waals surface area (Å²) in [6, 6.07) is 18.0. The lowest BCUT2D eigenvalue weighted by Crippen LogP contribution is -2.41. The average molecular weight is 383 g/mol. The van der Waals surface area contributed by atoms with Gasteiger partial charge in [0, 0.05) is 4.91 Å². The van der Waals surface area contributed by atoms with Gasteiger partial charge in [-0.1, -0.05) is 65.8 Å². The van der Waals surface area contributed by atoms with Crippen molar-refractivity contribution in [2.45, 2.75) is 37.6 Å². The van der Waals surface area contributed by atoms with Crippen molar-refractivity contribution in [3.8, 4) is 0 Å². The Labute approximate surface area is 162 Å². The van der Waals surface area contributed by atoms with E-state index in [2.05, 4.69) is 10.0 Å². The van der Waals surface area contributed by atoms with E-state index in [9.17, 15) is 9.90 Å². The van der Waals surface area contributed by atoms with Gasteiger partial charge in [-0.3, -0.25) is 0 Å². The van der Waals surface area contributed by atoms with Gasteiger partial charge >= 0.3 is 5.97 Å². The van der Waals surface area contributed by atoms with Gasteiger partial charge in [-0.2, -0.15) is 0 Å². The minimum Gasteiger partial charge on any atom is -0.457 e. The summed E-state index contributed by atoms with van der Waals surface area (Å²) in [6.45, 7) is 0.523. The molecular formula is C20H21N3O5. The zero-order valence-electron chi connectivity index (χ0n) is 15.1. The molecule has 0 amide bonds. The molecule has 1 aliphatic heterocycles. The lowest BCUT2D eigenvalue weighted by Gasteiger charge is -2.24. The molecule has 3 rings (SSSR count). The second-order valence-corrected chi connectivity index (χ2v) is 6.38. The molecule has 2 aromatic carbocycles. The van der Waals surface area contributed by atoms with Crippen LogP contribution in [0.1, 0.15) is 11.1 Å². The predicted octanol–water partition coefficient (Wildman–Crippen LogP) is 2.75. The summed E-state index contributed by atoms with van der Waals surface area (Å²) in [5.74, 6) is -0.802. The van der Waals surface area contributed by atoms with Crippen molar-refractivity contribution < 1.29 is 24.1 Å². The summed E-state index contributed by atoms with van der Waals surface area (Å²) in [5, 5.41) is 13.8. The highest BCUT2D eigenvalue weighted by molar-refractivity contribution is 5.78. The summed E-state index contributed by atoms with van der Waals surface area (Å²) in [4.78, 5) is 14.7. The Morgan fingerprint density at radius 1 is 1.07 bits per heavy atom. The molecule has 1 heterocycles. The van der Waals surface area contributed by atoms with Crippen LogP contribution in [-0.4, -0.2) is 42.0 Å². The van der Waals surface area contributed by atoms with E-state index in [1.54, 1.807) is 0 Å². The maximum absolute atomic E-state index is 11.9. The molecule has 146 valence electrons. The van der Waals surface area contributed by atoms with E-state index in [4.69, 9.17) is 19.7 Å². The van der Waals surface area contributed by atoms with Crippen LogP contribution in [0.3, 0.4) is 0 Å². The Kier molecular flexibility index (Phi) is 7.00. The van der Waals surface area contributed by atoms with Crippen molar-refractivity contribution >= 4 is 5.97 Å². The third kappa shape index (κ3) is 5.09. The second-order valence-electron chi connectivity index (χ2n) is 6.38. The maximum Gasteiger partial charge on any atom is 0.338 e. The Bertz CT molecular complexity index is 811. The van der Waals surface area contributed by atoms with Crippen molar-refractivity contribution in [1.29, 1.82) is 0 Å². The van der Waals surface area contributed by atoms with Crippen molar-refractivity contribution in [2.75, 3.05) is 6.61 Å². The van der Waals surface area contributed by atoms with E-state index >= 15 is 0 Å². The molecule has 1 fully saturated rings. The second kappa shape index (κ2) is 9.87. The highest BCUT2D eigenvalue weighted by atomic mass is 16.6. The van der Waals surface area contributed by atoms with Gasteiger partial charge in [-0.25, -0.2) is 4.79 Å². The first-order valence-electron chi connectivity index (χ1n) is 8.89. The van der Waals surface area contributed by atoms with Crippen LogP contribution < -0.4 is 0 Å². The van der Waals surface area contributed by atoms with Crippen LogP contribution in [0.5, 0.6) is 0 Å². The number of carbonyl (C=O) groups is 1. The van der Waals surface area contributed by atoms with E-state index in [1.165, 1.54) is 0 Å². The van der Waals surface area contributed by atoms with E-state index in [0.29, 0.717) is 6.61 Å². The molecule has 2 aromatic rings. The first kappa shape index (κ1) is 19.9. The fourth-order valence-electron chi connectivity index (χ4n) is 2.97. The Morgan fingerprint density at radius 2 is 1.68 bits per heavy atom. The first-order valence-corrected chi connectivity index (χ1v) is 8.89. The summed E-state index contributed by atoms with van der Waals surface area (Å²) < 4.78 is 16.6. The number of azide groups is 1. The van der Waals surface area contributed by atoms with E-state index in [-0.39, 0.29) is 13.2 Å². The lowest BCUT2D eigenvalue weighted by molar-refractivity contribution is -0.148. The van der Waals surface area contributed by atoms with Crippen molar-refractivity contribution in [3.05, 3.63) is 82.2 Å². The summed E-state index contributed by atoms with van der Waals surface area (Å²) in [7, 11) is 0. The highest BCUT2D eigenvalue weighted by Crippen LogP contribution is 2.25. The number of hydrogen-bond acceptors (Lipinski definition) is 6. The Balaban J connectivity index is 1.64. The molecule has 0 saturated carbocycles. The standard InChI is InChI=1S/C20H21N3O5/c21-23-22-16(13-26-11-14-7-3-1-4-8-14)18-19(17(24)20(25)28-18)27-12-15-9-5-2-6-10-15/h1-10,16-19,24H,11-13H2/t16-,17+,18+,19+/m0/s1. The molecule has 0 aliphatic carbocycles. The fraction of sp³-hybridized carbons (Fsp3) is 0.350. The quantitative estimate of drug-likeness (QED) is 0.309. The minimum absolute atomic E-state index is 0.0226. The van der Waals surface area contributed by atoms with Crippen molar-refractivity contribution in [3.63, 3.8) is 0 Å². The highest BCUT2D eigenvalue weighted by Gasteiger charge is 2.48. The SMILES string of the molecule is [N-]=[N+]=N[C@@H](COCc1ccccc1)[C@H]1OC(=O)[C@H](O)[C@H]1OCc1ccccc1. The molecule has 4 atom stereocenters. The predicted molar refractivity (Wildman–Crippen MR) is 99.9 cm³/mol. The van der Waals surface area contributed by atoms with Gasteiger partial charge in [0.1, 0.15) is 18.2 Å². The molecule has 1 saturated heterocycles. The average Bonchev–Trinajstić information content (AvgIpc) is 3.01. The van der Waals surface area contributed by atoms with Crippen LogP contribution in [0, 0.1) is 0 Å². The molecule has 0 bridgehead atoms. The van der Waals surface area contributed by atoms with Crippen LogP contribution >= 0.6 is 0 Å². The van der Waals surface area contributed by atoms with Crippen LogP contribution in [0.25, 0.3) is 10.4 Å². The number of hydrogen-bond donors (Lipinski definition) is 1. The molecule has 0 radical (unpaired) electrons. The van der Waals surface area contributed by atoms with Gasteiger partial charge in [-0.05, 0) is 16.7 Å². The van der Waals surface area contributed by atoms with Crippen LogP contribution in [-0.2, 0) is 32.2 Å². The third-order valence-electron chi connectivity index (χ3n) is 4.39. The fourth-order valence-corrected chi connectivity index (χ4v) is 2.97. The summed E-state index contributed by atoms with van der Waals surface area (Å²) >= 11 is 0. The number of benzene rings is 2. The number of rotatable bonds is 9. The molecule has 0 spiro atoms. The van der Waals surface area contributed by atoms with E-state index < -0.39 is 30.3 Å². The van der Waals surface area contributed by atoms with Crippen LogP contribution in [0.15, 0.2) is 65.8 Å². The van der Waals surface area contributed by atoms with Gasteiger partial charge in [0.2, 0.25) is 0 Å². The number of aliphatic hydroxyl groups excluding tert-OH is 1. The molecule has 0 unspecified atom stereocenters. The Morgan fingerprint density at radius 3 is 2.29 bits per heavy atom. The molecule has 8 nitrogen and oxygen atoms in total. The number of ether oxygens (including phenoxy) is 3. The Hall–Kier alpha value is -2.90. The smallest absolute Gasteiger partial charge is 0.338 e. The van der Waals surface area contributed by atoms with Gasteiger partial charge in [0.05, 0.1) is 19.8 Å². The van der Waals surface area contributed by atoms with Gasteiger partial charge in [-0.15, -0.1) is 0 Å². The van der Waals surface area contributed by atoms with Crippen molar-refractivity contribution in [2.24, 2.45) is 5.11 Å². The largest absolute Gasteiger partial charge is 0.457 e. The summed E-state index contributed by atoms with van der Waals surface area (Å²) in [5.41, 5.74) is 10.7. The molecule has 1 aliphatic rings. The maximum atomic E-state index is 11.9. The lowest BCUT2D eigenvalue weighted by atomic mass is 10.0. The number of aliphatic hydroxyl groups is 1. The van der Waals surface area contributed by atoms with Crippen LogP contribution in [0.4, 0.5) is 0 Å². The summed E-state index contributed by atoms with van der Waals surface area (Å²) in [6.07, 6.45) is -3.33. The monoisotopic (exact) mass is 383 g/mol. The molecular weight excluding hydrogens is 362 g/mol. The van der Waals surface area contributed by atoms with Crippen LogP contribution in [0.2, 0.25) is 0 Å². The molecule has 0 aromatic heterocycles. The number of nitrogens with zero attached hydrogens (tertiary/aromatic N) is 3. The molecule has 28 heavy (non-hydrogen) atoms. The van der Waals surface area contributed by atoms with Gasteiger partial charge < -0.3 is 19.3 Å². The zero-order valence-corrected chi connectivity index (χ0v) is 15.1. The van der Waals surface area contributed by atoms with Crippen molar-refractivity contribution in [1.82, 2.24) is 0 Å². The molecule has 8 heteroatoms. The molecule has 1 N–H and O–H groups in total. The first-order chi connectivity index (χ1) is 13.7. The minimum atomic E-state index is -1.45.